The van der Waals surface area contributed by atoms with E-state index in [0.717, 1.165) is 0 Å². The van der Waals surface area contributed by atoms with E-state index in [1.165, 1.54) is 11.3 Å². The van der Waals surface area contributed by atoms with Crippen LogP contribution in [0.5, 0.6) is 0 Å². The summed E-state index contributed by atoms with van der Waals surface area (Å²) >= 11 is 5.99. The fraction of sp³-hybridized carbons (Fsp3) is 0.167. The molecule has 1 heterocycles. The second kappa shape index (κ2) is 4.73. The molecule has 0 aliphatic heterocycles. The van der Waals surface area contributed by atoms with Gasteiger partial charge in [-0.1, -0.05) is 17.4 Å². The van der Waals surface area contributed by atoms with Gasteiger partial charge < -0.3 is 5.32 Å². The predicted molar refractivity (Wildman–Crippen MR) is 54.5 cm³/mol. The highest BCUT2D eigenvalue weighted by Crippen LogP contribution is 2.09. The van der Waals surface area contributed by atoms with Gasteiger partial charge in [0.05, 0.1) is 0 Å². The Kier molecular flexibility index (Phi) is 3.59. The molecule has 0 spiro atoms. The van der Waals surface area contributed by atoms with Gasteiger partial charge in [-0.25, -0.2) is 4.79 Å². The van der Waals surface area contributed by atoms with Crippen LogP contribution < -0.4 is 10.6 Å². The highest BCUT2D eigenvalue weighted by molar-refractivity contribution is 7.73. The summed E-state index contributed by atoms with van der Waals surface area (Å²) in [5.41, 5.74) is 0. The maximum atomic E-state index is 11.0. The van der Waals surface area contributed by atoms with Crippen molar-refractivity contribution in [3.63, 3.8) is 0 Å². The zero-order valence-electron chi connectivity index (χ0n) is 6.66. The predicted octanol–water partition coefficient (Wildman–Crippen LogP) is 1.51. The lowest BCUT2D eigenvalue weighted by molar-refractivity contribution is 0.253. The molecule has 1 rings (SSSR count). The number of rotatable bonds is 3. The van der Waals surface area contributed by atoms with E-state index in [-0.39, 0.29) is 6.03 Å². The molecule has 1 aromatic heterocycles. The normalized spacial score (nSPS) is 9.23. The molecule has 70 valence electrons. The molecular weight excluding hydrogens is 208 g/mol. The third kappa shape index (κ3) is 3.34. The molecule has 0 saturated heterocycles. The molecule has 13 heavy (non-hydrogen) atoms. The molecule has 3 N–H and O–H groups in total. The van der Waals surface area contributed by atoms with Crippen molar-refractivity contribution in [3.05, 3.63) is 16.6 Å². The quantitative estimate of drug-likeness (QED) is 0.530. The number of aromatic amines is 1. The summed E-state index contributed by atoms with van der Waals surface area (Å²) in [7, 11) is 0. The molecule has 2 amide bonds. The van der Waals surface area contributed by atoms with Crippen LogP contribution in [0.25, 0.3) is 0 Å². The van der Waals surface area contributed by atoms with Crippen molar-refractivity contribution in [1.82, 2.24) is 15.5 Å². The molecule has 0 aromatic carbocycles. The fourth-order valence-corrected chi connectivity index (χ4v) is 1.37. The third-order valence-corrected chi connectivity index (χ3v) is 2.07. The molecule has 7 heteroatoms. The highest BCUT2D eigenvalue weighted by Gasteiger charge is 2.01. The number of H-pyrrole nitrogens is 1. The van der Waals surface area contributed by atoms with Crippen LogP contribution in [0.3, 0.4) is 0 Å². The van der Waals surface area contributed by atoms with Crippen LogP contribution in [0, 0.1) is 3.95 Å². The maximum Gasteiger partial charge on any atom is 0.321 e. The first-order valence-electron chi connectivity index (χ1n) is 3.43. The summed E-state index contributed by atoms with van der Waals surface area (Å²) in [6.45, 7) is 3.88. The lowest BCUT2D eigenvalue weighted by Gasteiger charge is -2.00. The summed E-state index contributed by atoms with van der Waals surface area (Å²) in [4.78, 5) is 11.0. The molecular formula is C6H8N4OS2. The lowest BCUT2D eigenvalue weighted by atomic mass is 10.6. The van der Waals surface area contributed by atoms with E-state index in [2.05, 4.69) is 27.4 Å². The zero-order chi connectivity index (χ0) is 9.68. The molecule has 0 radical (unpaired) electrons. The van der Waals surface area contributed by atoms with Crippen molar-refractivity contribution in [1.29, 1.82) is 0 Å². The fourth-order valence-electron chi connectivity index (χ4n) is 0.590. The number of carbonyl (C=O) groups excluding carboxylic acids is 1. The number of nitrogens with zero attached hydrogens (tertiary/aromatic N) is 1. The molecule has 0 aliphatic carbocycles. The Morgan fingerprint density at radius 1 is 1.85 bits per heavy atom. The first-order chi connectivity index (χ1) is 6.22. The number of urea groups is 1. The molecule has 0 saturated carbocycles. The molecule has 0 atom stereocenters. The molecule has 5 nitrogen and oxygen atoms in total. The minimum absolute atomic E-state index is 0.322. The average Bonchev–Trinajstić information content (AvgIpc) is 2.48. The van der Waals surface area contributed by atoms with Gasteiger partial charge in [-0.3, -0.25) is 10.4 Å². The largest absolute Gasteiger partial charge is 0.334 e. The Hall–Kier alpha value is -1.21. The topological polar surface area (TPSA) is 69.8 Å². The zero-order valence-corrected chi connectivity index (χ0v) is 8.30. The minimum Gasteiger partial charge on any atom is -0.334 e. The smallest absolute Gasteiger partial charge is 0.321 e. The number of hydrogen-bond acceptors (Lipinski definition) is 4. The first-order valence-corrected chi connectivity index (χ1v) is 4.66. The van der Waals surface area contributed by atoms with Crippen LogP contribution in [0.1, 0.15) is 0 Å². The van der Waals surface area contributed by atoms with Crippen LogP contribution in [-0.4, -0.2) is 22.8 Å². The van der Waals surface area contributed by atoms with Crippen LogP contribution in [0.15, 0.2) is 12.7 Å². The van der Waals surface area contributed by atoms with Crippen molar-refractivity contribution in [2.24, 2.45) is 0 Å². The van der Waals surface area contributed by atoms with Crippen LogP contribution in [-0.2, 0) is 0 Å². The summed E-state index contributed by atoms with van der Waals surface area (Å²) in [5, 5.41) is 11.8. The van der Waals surface area contributed by atoms with E-state index in [0.29, 0.717) is 15.6 Å². The molecule has 0 aliphatic rings. The van der Waals surface area contributed by atoms with Gasteiger partial charge in [0.15, 0.2) is 3.95 Å². The van der Waals surface area contributed by atoms with Crippen molar-refractivity contribution in [3.8, 4) is 0 Å². The highest BCUT2D eigenvalue weighted by atomic mass is 32.1. The van der Waals surface area contributed by atoms with Gasteiger partial charge in [0.2, 0.25) is 5.13 Å². The Bertz CT molecular complexity index is 356. The second-order valence-corrected chi connectivity index (χ2v) is 3.71. The number of hydrogen-bond donors (Lipinski definition) is 3. The van der Waals surface area contributed by atoms with E-state index >= 15 is 0 Å². The summed E-state index contributed by atoms with van der Waals surface area (Å²) in [6.07, 6.45) is 1.59. The van der Waals surface area contributed by atoms with Gasteiger partial charge in [-0.15, -0.1) is 11.7 Å². The van der Waals surface area contributed by atoms with E-state index in [1.54, 1.807) is 6.08 Å². The Labute approximate surface area is 83.9 Å². The third-order valence-electron chi connectivity index (χ3n) is 1.07. The lowest BCUT2D eigenvalue weighted by Crippen LogP contribution is -2.28. The van der Waals surface area contributed by atoms with Crippen LogP contribution in [0.4, 0.5) is 9.93 Å². The van der Waals surface area contributed by atoms with Crippen LogP contribution >= 0.6 is 23.6 Å². The van der Waals surface area contributed by atoms with E-state index in [4.69, 9.17) is 12.2 Å². The number of carbonyl (C=O) groups is 1. The average molecular weight is 216 g/mol. The number of amides is 2. The Morgan fingerprint density at radius 3 is 3.15 bits per heavy atom. The molecule has 1 aromatic rings. The maximum absolute atomic E-state index is 11.0. The van der Waals surface area contributed by atoms with Gasteiger partial charge in [-0.05, 0) is 12.2 Å². The van der Waals surface area contributed by atoms with E-state index in [1.807, 2.05) is 0 Å². The first kappa shape index (κ1) is 9.87. The minimum atomic E-state index is -0.322. The summed E-state index contributed by atoms with van der Waals surface area (Å²) in [5.74, 6) is 0. The number of nitrogens with one attached hydrogen (secondary N) is 3. The number of anilines is 1. The van der Waals surface area contributed by atoms with Gasteiger partial charge in [-0.2, -0.15) is 0 Å². The summed E-state index contributed by atoms with van der Waals surface area (Å²) in [6, 6.07) is -0.322. The SMILES string of the molecule is C=CCNC(=O)Nc1n[nH]c(=S)s1. The monoisotopic (exact) mass is 216 g/mol. The van der Waals surface area contributed by atoms with E-state index in [9.17, 15) is 4.79 Å². The van der Waals surface area contributed by atoms with Crippen molar-refractivity contribution in [2.75, 3.05) is 11.9 Å². The van der Waals surface area contributed by atoms with Gasteiger partial charge in [0, 0.05) is 6.54 Å². The Morgan fingerprint density at radius 2 is 2.62 bits per heavy atom. The number of aromatic nitrogens is 2. The van der Waals surface area contributed by atoms with E-state index < -0.39 is 0 Å². The van der Waals surface area contributed by atoms with Gasteiger partial charge >= 0.3 is 6.03 Å². The van der Waals surface area contributed by atoms with Crippen molar-refractivity contribution in [2.45, 2.75) is 0 Å². The second-order valence-electron chi connectivity index (χ2n) is 2.04. The molecule has 0 bridgehead atoms. The Balaban J connectivity index is 2.45. The standard InChI is InChI=1S/C6H8N4OS2/c1-2-3-7-4(11)8-5-9-10-6(12)13-5/h2H,1,3H2,(H,10,12)(H2,7,8,9,11). The molecule has 0 unspecified atom stereocenters. The van der Waals surface area contributed by atoms with Crippen molar-refractivity contribution >= 4 is 34.7 Å². The summed E-state index contributed by atoms with van der Waals surface area (Å²) < 4.78 is 0.527. The van der Waals surface area contributed by atoms with Crippen molar-refractivity contribution < 1.29 is 4.79 Å². The molecule has 0 fully saturated rings. The van der Waals surface area contributed by atoms with Crippen LogP contribution in [0.2, 0.25) is 0 Å². The van der Waals surface area contributed by atoms with Gasteiger partial charge in [0.25, 0.3) is 0 Å². The van der Waals surface area contributed by atoms with Gasteiger partial charge in [0.1, 0.15) is 0 Å².